The van der Waals surface area contributed by atoms with Crippen molar-refractivity contribution in [2.45, 2.75) is 19.0 Å². The molecule has 8 heteroatoms. The summed E-state index contributed by atoms with van der Waals surface area (Å²) in [6, 6.07) is 8.44. The molecular formula is C16H13F6NO. The smallest absolute Gasteiger partial charge is 0.406 e. The Labute approximate surface area is 133 Å². The van der Waals surface area contributed by atoms with E-state index in [1.165, 1.54) is 24.3 Å². The molecule has 0 spiro atoms. The quantitative estimate of drug-likeness (QED) is 0.807. The third kappa shape index (κ3) is 4.64. The highest BCUT2D eigenvalue weighted by Gasteiger charge is 2.33. The molecule has 2 nitrogen and oxygen atoms in total. The van der Waals surface area contributed by atoms with Gasteiger partial charge in [-0.05, 0) is 47.9 Å². The van der Waals surface area contributed by atoms with Gasteiger partial charge in [-0.1, -0.05) is 24.3 Å². The van der Waals surface area contributed by atoms with E-state index < -0.39 is 23.9 Å². The van der Waals surface area contributed by atoms with Gasteiger partial charge in [0.2, 0.25) is 0 Å². The first-order chi connectivity index (χ1) is 11.1. The number of hydrogen-bond acceptors (Lipinski definition) is 2. The summed E-state index contributed by atoms with van der Waals surface area (Å²) in [6.45, 7) is 0.0465. The van der Waals surface area contributed by atoms with Gasteiger partial charge in [-0.3, -0.25) is 0 Å². The fourth-order valence-electron chi connectivity index (χ4n) is 2.26. The molecule has 0 bridgehead atoms. The molecule has 0 unspecified atom stereocenters. The molecule has 2 rings (SSSR count). The molecule has 0 radical (unpaired) electrons. The second-order valence-corrected chi connectivity index (χ2v) is 4.98. The first kappa shape index (κ1) is 18.1. The lowest BCUT2D eigenvalue weighted by molar-refractivity contribution is -0.274. The molecule has 2 aromatic carbocycles. The monoisotopic (exact) mass is 349 g/mol. The maximum Gasteiger partial charge on any atom is 0.573 e. The summed E-state index contributed by atoms with van der Waals surface area (Å²) >= 11 is 0. The van der Waals surface area contributed by atoms with E-state index in [0.717, 1.165) is 18.2 Å². The first-order valence-electron chi connectivity index (χ1n) is 6.86. The summed E-state index contributed by atoms with van der Waals surface area (Å²) in [5.74, 6) is -0.402. The number of ether oxygens (including phenoxy) is 1. The molecule has 0 amide bonds. The van der Waals surface area contributed by atoms with Crippen molar-refractivity contribution in [2.75, 3.05) is 6.54 Å². The number of alkyl halides is 6. The van der Waals surface area contributed by atoms with Crippen LogP contribution in [-0.4, -0.2) is 12.9 Å². The third-order valence-corrected chi connectivity index (χ3v) is 3.25. The molecule has 0 saturated heterocycles. The largest absolute Gasteiger partial charge is 0.573 e. The highest BCUT2D eigenvalue weighted by Crippen LogP contribution is 2.35. The predicted octanol–water partition coefficient (Wildman–Crippen LogP) is 4.77. The van der Waals surface area contributed by atoms with Crippen molar-refractivity contribution in [1.29, 1.82) is 0 Å². The summed E-state index contributed by atoms with van der Waals surface area (Å²) in [7, 11) is 0. The second kappa shape index (κ2) is 6.72. The summed E-state index contributed by atoms with van der Waals surface area (Å²) in [6.07, 6.45) is -9.25. The zero-order valence-corrected chi connectivity index (χ0v) is 12.2. The molecule has 0 heterocycles. The van der Waals surface area contributed by atoms with E-state index in [-0.39, 0.29) is 18.5 Å². The van der Waals surface area contributed by atoms with Crippen LogP contribution >= 0.6 is 0 Å². The van der Waals surface area contributed by atoms with Gasteiger partial charge in [-0.2, -0.15) is 13.2 Å². The van der Waals surface area contributed by atoms with Gasteiger partial charge in [0.15, 0.2) is 0 Å². The van der Waals surface area contributed by atoms with Crippen LogP contribution in [0.5, 0.6) is 5.75 Å². The van der Waals surface area contributed by atoms with Crippen LogP contribution in [0.15, 0.2) is 42.5 Å². The van der Waals surface area contributed by atoms with Crippen molar-refractivity contribution < 1.29 is 31.1 Å². The number of benzene rings is 2. The lowest BCUT2D eigenvalue weighted by Gasteiger charge is -2.14. The van der Waals surface area contributed by atoms with E-state index in [2.05, 4.69) is 4.74 Å². The lowest BCUT2D eigenvalue weighted by atomic mass is 9.97. The molecule has 130 valence electrons. The van der Waals surface area contributed by atoms with Crippen molar-refractivity contribution >= 4 is 0 Å². The minimum atomic E-state index is -4.80. The summed E-state index contributed by atoms with van der Waals surface area (Å²) in [4.78, 5) is 0. The standard InChI is InChI=1S/C16H13F6NO/c17-15(18,19)14-6-3-11(9-12(14)7-8-23)10-1-4-13(5-2-10)24-16(20,21)22/h1-6,9H,7-8,23H2. The molecule has 2 N–H and O–H groups in total. The van der Waals surface area contributed by atoms with Gasteiger partial charge in [0.05, 0.1) is 5.56 Å². The van der Waals surface area contributed by atoms with Crippen LogP contribution in [0.1, 0.15) is 11.1 Å². The van der Waals surface area contributed by atoms with Crippen LogP contribution in [0.4, 0.5) is 26.3 Å². The average Bonchev–Trinajstić information content (AvgIpc) is 2.45. The van der Waals surface area contributed by atoms with E-state index in [4.69, 9.17) is 5.73 Å². The third-order valence-electron chi connectivity index (χ3n) is 3.25. The van der Waals surface area contributed by atoms with E-state index in [0.29, 0.717) is 11.1 Å². The van der Waals surface area contributed by atoms with Gasteiger partial charge in [-0.15, -0.1) is 13.2 Å². The predicted molar refractivity (Wildman–Crippen MR) is 76.3 cm³/mol. The van der Waals surface area contributed by atoms with Gasteiger partial charge in [0, 0.05) is 0 Å². The maximum atomic E-state index is 13.0. The summed E-state index contributed by atoms with van der Waals surface area (Å²) in [5, 5.41) is 0. The number of hydrogen-bond donors (Lipinski definition) is 1. The molecule has 24 heavy (non-hydrogen) atoms. The van der Waals surface area contributed by atoms with E-state index in [1.54, 1.807) is 0 Å². The van der Waals surface area contributed by atoms with Crippen LogP contribution < -0.4 is 10.5 Å². The van der Waals surface area contributed by atoms with Gasteiger partial charge < -0.3 is 10.5 Å². The number of rotatable bonds is 4. The van der Waals surface area contributed by atoms with Gasteiger partial charge in [0.25, 0.3) is 0 Å². The zero-order chi connectivity index (χ0) is 18.0. The minimum Gasteiger partial charge on any atom is -0.406 e. The Bertz CT molecular complexity index is 691. The van der Waals surface area contributed by atoms with Gasteiger partial charge in [-0.25, -0.2) is 0 Å². The Morgan fingerprint density at radius 1 is 0.833 bits per heavy atom. The topological polar surface area (TPSA) is 35.2 Å². The van der Waals surface area contributed by atoms with Crippen LogP contribution in [0.25, 0.3) is 11.1 Å². The van der Waals surface area contributed by atoms with Crippen molar-refractivity contribution in [3.8, 4) is 16.9 Å². The SMILES string of the molecule is NCCc1cc(-c2ccc(OC(F)(F)F)cc2)ccc1C(F)(F)F. The van der Waals surface area contributed by atoms with Crippen LogP contribution in [0.3, 0.4) is 0 Å². The van der Waals surface area contributed by atoms with Crippen LogP contribution in [0.2, 0.25) is 0 Å². The molecule has 0 aliphatic heterocycles. The van der Waals surface area contributed by atoms with Crippen molar-refractivity contribution in [3.63, 3.8) is 0 Å². The van der Waals surface area contributed by atoms with Crippen LogP contribution in [-0.2, 0) is 12.6 Å². The van der Waals surface area contributed by atoms with Gasteiger partial charge in [0.1, 0.15) is 5.75 Å². The molecule has 0 atom stereocenters. The Hall–Kier alpha value is -2.22. The fourth-order valence-corrected chi connectivity index (χ4v) is 2.26. The first-order valence-corrected chi connectivity index (χ1v) is 6.86. The van der Waals surface area contributed by atoms with Crippen molar-refractivity contribution in [1.82, 2.24) is 0 Å². The minimum absolute atomic E-state index is 0.0396. The highest BCUT2D eigenvalue weighted by atomic mass is 19.4. The number of halogens is 6. The second-order valence-electron chi connectivity index (χ2n) is 4.98. The molecule has 0 aromatic heterocycles. The Kier molecular flexibility index (Phi) is 5.08. The zero-order valence-electron chi connectivity index (χ0n) is 12.2. The summed E-state index contributed by atoms with van der Waals surface area (Å²) < 4.78 is 79.0. The van der Waals surface area contributed by atoms with E-state index >= 15 is 0 Å². The average molecular weight is 349 g/mol. The summed E-state index contributed by atoms with van der Waals surface area (Å²) in [5.41, 5.74) is 5.54. The molecule has 0 fully saturated rings. The maximum absolute atomic E-state index is 13.0. The lowest BCUT2D eigenvalue weighted by Crippen LogP contribution is -2.16. The molecule has 0 aliphatic carbocycles. The van der Waals surface area contributed by atoms with Crippen molar-refractivity contribution in [3.05, 3.63) is 53.6 Å². The Balaban J connectivity index is 2.33. The van der Waals surface area contributed by atoms with Gasteiger partial charge >= 0.3 is 12.5 Å². The fraction of sp³-hybridized carbons (Fsp3) is 0.250. The van der Waals surface area contributed by atoms with E-state index in [1.807, 2.05) is 0 Å². The van der Waals surface area contributed by atoms with E-state index in [9.17, 15) is 26.3 Å². The highest BCUT2D eigenvalue weighted by molar-refractivity contribution is 5.66. The number of nitrogens with two attached hydrogens (primary N) is 1. The molecule has 0 aliphatic rings. The normalized spacial score (nSPS) is 12.3. The molecule has 2 aromatic rings. The molecular weight excluding hydrogens is 336 g/mol. The Morgan fingerprint density at radius 2 is 1.42 bits per heavy atom. The van der Waals surface area contributed by atoms with Crippen molar-refractivity contribution in [2.24, 2.45) is 5.73 Å². The molecule has 0 saturated carbocycles. The Morgan fingerprint density at radius 3 is 1.92 bits per heavy atom. The van der Waals surface area contributed by atoms with Crippen LogP contribution in [0, 0.1) is 0 Å².